The number of nitrogens with zero attached hydrogens (tertiary/aromatic N) is 1. The quantitative estimate of drug-likeness (QED) is 0.863. The van der Waals surface area contributed by atoms with Crippen LogP contribution in [0.4, 0.5) is 20.2 Å². The minimum absolute atomic E-state index is 0.138. The Morgan fingerprint density at radius 2 is 1.92 bits per heavy atom. The average Bonchev–Trinajstić information content (AvgIpc) is 2.53. The maximum absolute atomic E-state index is 13.2. The third-order valence-corrected chi connectivity index (χ3v) is 4.24. The maximum atomic E-state index is 13.2. The van der Waals surface area contributed by atoms with Crippen molar-refractivity contribution in [2.45, 2.75) is 12.8 Å². The predicted octanol–water partition coefficient (Wildman–Crippen LogP) is 3.65. The van der Waals surface area contributed by atoms with Crippen LogP contribution in [0, 0.1) is 11.6 Å². The van der Waals surface area contributed by atoms with E-state index in [1.54, 1.807) is 12.1 Å². The number of hydrogen-bond acceptors (Lipinski definition) is 2. The molecule has 2 aromatic carbocycles. The van der Waals surface area contributed by atoms with Crippen LogP contribution >= 0.6 is 15.9 Å². The number of benzene rings is 2. The van der Waals surface area contributed by atoms with E-state index in [1.165, 1.54) is 11.0 Å². The highest BCUT2D eigenvalue weighted by atomic mass is 79.9. The first kappa shape index (κ1) is 16.6. The van der Waals surface area contributed by atoms with Crippen molar-refractivity contribution in [3.63, 3.8) is 0 Å². The Balaban J connectivity index is 1.76. The van der Waals surface area contributed by atoms with Crippen LogP contribution in [0.1, 0.15) is 12.0 Å². The molecule has 1 heterocycles. The van der Waals surface area contributed by atoms with Gasteiger partial charge in [0.05, 0.1) is 0 Å². The Morgan fingerprint density at radius 1 is 1.12 bits per heavy atom. The molecule has 1 N–H and O–H groups in total. The molecule has 3 rings (SSSR count). The number of rotatable bonds is 3. The summed E-state index contributed by atoms with van der Waals surface area (Å²) < 4.78 is 27.0. The zero-order valence-electron chi connectivity index (χ0n) is 12.5. The van der Waals surface area contributed by atoms with Gasteiger partial charge in [-0.15, -0.1) is 0 Å². The van der Waals surface area contributed by atoms with E-state index in [1.807, 2.05) is 6.07 Å². The normalized spacial score (nSPS) is 13.6. The van der Waals surface area contributed by atoms with Crippen molar-refractivity contribution in [1.82, 2.24) is 0 Å². The van der Waals surface area contributed by atoms with Crippen molar-refractivity contribution in [2.75, 3.05) is 16.8 Å². The van der Waals surface area contributed by atoms with Crippen LogP contribution in [0.15, 0.2) is 40.9 Å². The summed E-state index contributed by atoms with van der Waals surface area (Å²) in [5.41, 5.74) is 1.80. The van der Waals surface area contributed by atoms with Gasteiger partial charge in [0.15, 0.2) is 11.6 Å². The molecule has 0 saturated heterocycles. The van der Waals surface area contributed by atoms with Gasteiger partial charge in [0.1, 0.15) is 6.54 Å². The maximum Gasteiger partial charge on any atom is 0.244 e. The van der Waals surface area contributed by atoms with E-state index >= 15 is 0 Å². The van der Waals surface area contributed by atoms with Crippen molar-refractivity contribution in [2.24, 2.45) is 0 Å². The van der Waals surface area contributed by atoms with Crippen LogP contribution in [0.2, 0.25) is 0 Å². The Morgan fingerprint density at radius 3 is 2.67 bits per heavy atom. The number of nitrogens with one attached hydrogen (secondary N) is 1. The van der Waals surface area contributed by atoms with Crippen LogP contribution < -0.4 is 10.2 Å². The third kappa shape index (κ3) is 3.46. The molecule has 4 nitrogen and oxygen atoms in total. The lowest BCUT2D eigenvalue weighted by Gasteiger charge is -2.29. The molecule has 2 amide bonds. The smallest absolute Gasteiger partial charge is 0.244 e. The fourth-order valence-electron chi connectivity index (χ4n) is 2.62. The Bertz CT molecular complexity index is 826. The zero-order chi connectivity index (χ0) is 17.3. The summed E-state index contributed by atoms with van der Waals surface area (Å²) in [6.07, 6.45) is 0.941. The highest BCUT2D eigenvalue weighted by Crippen LogP contribution is 2.30. The Hall–Kier alpha value is -2.28. The van der Waals surface area contributed by atoms with Crippen LogP contribution in [0.3, 0.4) is 0 Å². The SMILES string of the molecule is O=C(CN1C(=O)CCc2cc(Br)ccc21)Nc1ccc(F)c(F)c1. The number of amides is 2. The number of aryl methyl sites for hydroxylation is 1. The standard InChI is InChI=1S/C17H13BrF2N2O2/c18-11-2-5-15-10(7-11)1-6-17(24)22(15)9-16(23)21-12-3-4-13(19)14(20)8-12/h2-5,7-8H,1,6,9H2,(H,21,23). The molecule has 0 fully saturated rings. The Kier molecular flexibility index (Phi) is 4.62. The van der Waals surface area contributed by atoms with E-state index in [9.17, 15) is 18.4 Å². The minimum atomic E-state index is -1.04. The van der Waals surface area contributed by atoms with Crippen molar-refractivity contribution in [3.05, 3.63) is 58.1 Å². The molecule has 124 valence electrons. The van der Waals surface area contributed by atoms with Gasteiger partial charge >= 0.3 is 0 Å². The van der Waals surface area contributed by atoms with Crippen molar-refractivity contribution in [3.8, 4) is 0 Å². The Labute approximate surface area is 145 Å². The van der Waals surface area contributed by atoms with Gasteiger partial charge in [-0.3, -0.25) is 9.59 Å². The van der Waals surface area contributed by atoms with Crippen molar-refractivity contribution in [1.29, 1.82) is 0 Å². The molecule has 1 aliphatic heterocycles. The number of carbonyl (C=O) groups excluding carboxylic acids is 2. The van der Waals surface area contributed by atoms with E-state index in [0.717, 1.165) is 22.2 Å². The fourth-order valence-corrected chi connectivity index (χ4v) is 3.03. The van der Waals surface area contributed by atoms with E-state index in [-0.39, 0.29) is 18.1 Å². The van der Waals surface area contributed by atoms with Crippen molar-refractivity contribution >= 4 is 39.1 Å². The predicted molar refractivity (Wildman–Crippen MR) is 89.8 cm³/mol. The number of fused-ring (bicyclic) bond motifs is 1. The van der Waals surface area contributed by atoms with Crippen LogP contribution in [0.25, 0.3) is 0 Å². The molecule has 0 radical (unpaired) electrons. The summed E-state index contributed by atoms with van der Waals surface area (Å²) in [7, 11) is 0. The van der Waals surface area contributed by atoms with E-state index in [0.29, 0.717) is 18.5 Å². The number of carbonyl (C=O) groups is 2. The minimum Gasteiger partial charge on any atom is -0.324 e. The van der Waals surface area contributed by atoms with E-state index in [4.69, 9.17) is 0 Å². The van der Waals surface area contributed by atoms with Crippen LogP contribution in [0.5, 0.6) is 0 Å². The van der Waals surface area contributed by atoms with Gasteiger partial charge in [0.2, 0.25) is 11.8 Å². The summed E-state index contributed by atoms with van der Waals surface area (Å²) in [6, 6.07) is 8.60. The number of halogens is 3. The van der Waals surface area contributed by atoms with Crippen molar-refractivity contribution < 1.29 is 18.4 Å². The van der Waals surface area contributed by atoms with Gasteiger partial charge in [0.25, 0.3) is 0 Å². The number of hydrogen-bond donors (Lipinski definition) is 1. The van der Waals surface area contributed by atoms with Crippen LogP contribution in [-0.4, -0.2) is 18.4 Å². The highest BCUT2D eigenvalue weighted by Gasteiger charge is 2.26. The van der Waals surface area contributed by atoms with Gasteiger partial charge in [-0.2, -0.15) is 0 Å². The second kappa shape index (κ2) is 6.68. The van der Waals surface area contributed by atoms with E-state index < -0.39 is 17.5 Å². The largest absolute Gasteiger partial charge is 0.324 e. The summed E-state index contributed by atoms with van der Waals surface area (Å²) in [4.78, 5) is 25.7. The van der Waals surface area contributed by atoms with Gasteiger partial charge in [-0.1, -0.05) is 15.9 Å². The van der Waals surface area contributed by atoms with Gasteiger partial charge in [-0.05, 0) is 42.3 Å². The molecule has 0 atom stereocenters. The summed E-state index contributed by atoms with van der Waals surface area (Å²) >= 11 is 3.38. The third-order valence-electron chi connectivity index (χ3n) is 3.75. The molecular weight excluding hydrogens is 382 g/mol. The van der Waals surface area contributed by atoms with Gasteiger partial charge < -0.3 is 10.2 Å². The summed E-state index contributed by atoms with van der Waals surface area (Å²) in [5.74, 6) is -2.66. The first-order chi connectivity index (χ1) is 11.4. The monoisotopic (exact) mass is 394 g/mol. The highest BCUT2D eigenvalue weighted by molar-refractivity contribution is 9.10. The molecular formula is C17H13BrF2N2O2. The fraction of sp³-hybridized carbons (Fsp3) is 0.176. The molecule has 0 saturated carbocycles. The molecule has 0 spiro atoms. The zero-order valence-corrected chi connectivity index (χ0v) is 14.1. The molecule has 24 heavy (non-hydrogen) atoms. The second-order valence-electron chi connectivity index (χ2n) is 5.43. The van der Waals surface area contributed by atoms with Gasteiger partial charge in [0, 0.05) is 28.3 Å². The topological polar surface area (TPSA) is 49.4 Å². The lowest BCUT2D eigenvalue weighted by molar-refractivity contribution is -0.121. The molecule has 0 aromatic heterocycles. The second-order valence-corrected chi connectivity index (χ2v) is 6.35. The molecule has 7 heteroatoms. The number of anilines is 2. The van der Waals surface area contributed by atoms with E-state index in [2.05, 4.69) is 21.2 Å². The molecule has 1 aliphatic rings. The molecule has 0 aliphatic carbocycles. The summed E-state index contributed by atoms with van der Waals surface area (Å²) in [6.45, 7) is -0.188. The molecule has 0 bridgehead atoms. The lowest BCUT2D eigenvalue weighted by atomic mass is 10.0. The van der Waals surface area contributed by atoms with Crippen LogP contribution in [-0.2, 0) is 16.0 Å². The first-order valence-electron chi connectivity index (χ1n) is 7.28. The van der Waals surface area contributed by atoms with Gasteiger partial charge in [-0.25, -0.2) is 8.78 Å². The average molecular weight is 395 g/mol. The molecule has 2 aromatic rings. The molecule has 0 unspecified atom stereocenters. The summed E-state index contributed by atoms with van der Waals surface area (Å²) in [5, 5.41) is 2.47. The lowest BCUT2D eigenvalue weighted by Crippen LogP contribution is -2.40. The first-order valence-corrected chi connectivity index (χ1v) is 8.07.